The molecule has 2 aromatic carbocycles. The number of rotatable bonds is 9. The summed E-state index contributed by atoms with van der Waals surface area (Å²) in [7, 11) is 3.10. The molecule has 0 aliphatic carbocycles. The summed E-state index contributed by atoms with van der Waals surface area (Å²) in [5, 5.41) is 2.73. The molecule has 1 aliphatic rings. The normalized spacial score (nSPS) is 14.8. The highest BCUT2D eigenvalue weighted by molar-refractivity contribution is 7.10. The quantitative estimate of drug-likeness (QED) is 0.352. The third kappa shape index (κ3) is 5.68. The summed E-state index contributed by atoms with van der Waals surface area (Å²) in [6.45, 7) is 3.16. The maximum atomic E-state index is 13.8. The number of benzene rings is 2. The van der Waals surface area contributed by atoms with Gasteiger partial charge in [-0.15, -0.1) is 11.3 Å². The molecule has 2 heterocycles. The van der Waals surface area contributed by atoms with Crippen LogP contribution in [0.2, 0.25) is 5.02 Å². The SMILES string of the molecule is CCCCN(CC(=O)N1CCc2sccc2C1c1ccc(Cl)cc1)C(=O)c1cc(OC)cc(OC)c1. The number of methoxy groups -OCH3 is 2. The largest absolute Gasteiger partial charge is 0.497 e. The van der Waals surface area contributed by atoms with Crippen LogP contribution in [0.25, 0.3) is 0 Å². The summed E-state index contributed by atoms with van der Waals surface area (Å²) in [5.74, 6) is 0.767. The molecule has 1 aromatic heterocycles. The van der Waals surface area contributed by atoms with E-state index in [1.165, 1.54) is 4.88 Å². The molecule has 8 heteroatoms. The first-order valence-electron chi connectivity index (χ1n) is 12.1. The summed E-state index contributed by atoms with van der Waals surface area (Å²) >= 11 is 7.86. The smallest absolute Gasteiger partial charge is 0.254 e. The van der Waals surface area contributed by atoms with E-state index in [4.69, 9.17) is 21.1 Å². The molecular formula is C28H31ClN2O4S. The van der Waals surface area contributed by atoms with E-state index in [2.05, 4.69) is 18.4 Å². The minimum atomic E-state index is -0.217. The van der Waals surface area contributed by atoms with Crippen molar-refractivity contribution in [2.75, 3.05) is 33.9 Å². The van der Waals surface area contributed by atoms with Gasteiger partial charge in [0, 0.05) is 34.6 Å². The van der Waals surface area contributed by atoms with Crippen molar-refractivity contribution < 1.29 is 19.1 Å². The molecule has 1 aliphatic heterocycles. The van der Waals surface area contributed by atoms with E-state index in [1.807, 2.05) is 29.2 Å². The van der Waals surface area contributed by atoms with Gasteiger partial charge in [0.2, 0.25) is 5.91 Å². The number of ether oxygens (including phenoxy) is 2. The number of unbranched alkanes of at least 4 members (excludes halogenated alkanes) is 1. The zero-order valence-electron chi connectivity index (χ0n) is 20.8. The van der Waals surface area contributed by atoms with Crippen molar-refractivity contribution in [1.82, 2.24) is 9.80 Å². The first-order valence-corrected chi connectivity index (χ1v) is 13.3. The molecule has 0 spiro atoms. The number of nitrogens with zero attached hydrogens (tertiary/aromatic N) is 2. The summed E-state index contributed by atoms with van der Waals surface area (Å²) in [6, 6.07) is 14.6. The van der Waals surface area contributed by atoms with Crippen LogP contribution in [0.4, 0.5) is 0 Å². The molecule has 6 nitrogen and oxygen atoms in total. The first-order chi connectivity index (χ1) is 17.4. The van der Waals surface area contributed by atoms with Gasteiger partial charge in [-0.1, -0.05) is 37.1 Å². The van der Waals surface area contributed by atoms with Crippen molar-refractivity contribution in [3.05, 3.63) is 80.5 Å². The lowest BCUT2D eigenvalue weighted by Gasteiger charge is -2.37. The number of carbonyl (C=O) groups is 2. The van der Waals surface area contributed by atoms with E-state index in [-0.39, 0.29) is 24.4 Å². The van der Waals surface area contributed by atoms with Crippen LogP contribution in [0, 0.1) is 0 Å². The van der Waals surface area contributed by atoms with Gasteiger partial charge in [0.25, 0.3) is 5.91 Å². The number of thiophene rings is 1. The van der Waals surface area contributed by atoms with E-state index in [9.17, 15) is 9.59 Å². The molecular weight excluding hydrogens is 496 g/mol. The summed E-state index contributed by atoms with van der Waals surface area (Å²) in [4.78, 5) is 32.2. The Morgan fingerprint density at radius 3 is 2.42 bits per heavy atom. The number of carbonyl (C=O) groups excluding carboxylic acids is 2. The van der Waals surface area contributed by atoms with Gasteiger partial charge >= 0.3 is 0 Å². The number of hydrogen-bond donors (Lipinski definition) is 0. The molecule has 36 heavy (non-hydrogen) atoms. The van der Waals surface area contributed by atoms with Crippen LogP contribution in [0.3, 0.4) is 0 Å². The van der Waals surface area contributed by atoms with Crippen LogP contribution in [0.15, 0.2) is 53.9 Å². The van der Waals surface area contributed by atoms with Crippen molar-refractivity contribution in [3.8, 4) is 11.5 Å². The van der Waals surface area contributed by atoms with Crippen molar-refractivity contribution in [2.24, 2.45) is 0 Å². The Morgan fingerprint density at radius 2 is 1.78 bits per heavy atom. The molecule has 0 radical (unpaired) electrons. The van der Waals surface area contributed by atoms with Gasteiger partial charge in [-0.2, -0.15) is 0 Å². The van der Waals surface area contributed by atoms with Crippen LogP contribution >= 0.6 is 22.9 Å². The Labute approximate surface area is 221 Å². The van der Waals surface area contributed by atoms with Crippen LogP contribution in [-0.2, 0) is 11.2 Å². The van der Waals surface area contributed by atoms with Gasteiger partial charge in [-0.25, -0.2) is 0 Å². The first kappa shape index (κ1) is 26.0. The fourth-order valence-corrected chi connectivity index (χ4v) is 5.59. The zero-order chi connectivity index (χ0) is 25.7. The molecule has 0 bridgehead atoms. The molecule has 2 amide bonds. The third-order valence-electron chi connectivity index (χ3n) is 6.47. The van der Waals surface area contributed by atoms with Gasteiger partial charge in [-0.05, 0) is 59.7 Å². The van der Waals surface area contributed by atoms with Crippen LogP contribution in [0.5, 0.6) is 11.5 Å². The molecule has 0 fully saturated rings. The van der Waals surface area contributed by atoms with Crippen LogP contribution < -0.4 is 9.47 Å². The van der Waals surface area contributed by atoms with Crippen molar-refractivity contribution >= 4 is 34.8 Å². The Hall–Kier alpha value is -3.03. The number of hydrogen-bond acceptors (Lipinski definition) is 5. The predicted molar refractivity (Wildman–Crippen MR) is 143 cm³/mol. The van der Waals surface area contributed by atoms with Gasteiger partial charge in [0.05, 0.1) is 20.3 Å². The second kappa shape index (κ2) is 11.8. The maximum Gasteiger partial charge on any atom is 0.254 e. The summed E-state index contributed by atoms with van der Waals surface area (Å²) in [5.41, 5.74) is 2.59. The van der Waals surface area contributed by atoms with Crippen LogP contribution in [0.1, 0.15) is 52.2 Å². The lowest BCUT2D eigenvalue weighted by atomic mass is 9.93. The highest BCUT2D eigenvalue weighted by atomic mass is 35.5. The van der Waals surface area contributed by atoms with E-state index in [0.717, 1.165) is 30.4 Å². The molecule has 0 saturated carbocycles. The number of amides is 2. The fourth-order valence-electron chi connectivity index (χ4n) is 4.56. The third-order valence-corrected chi connectivity index (χ3v) is 7.71. The van der Waals surface area contributed by atoms with Gasteiger partial charge in [0.15, 0.2) is 0 Å². The topological polar surface area (TPSA) is 59.1 Å². The van der Waals surface area contributed by atoms with Gasteiger partial charge in [-0.3, -0.25) is 9.59 Å². The molecule has 1 atom stereocenters. The molecule has 4 rings (SSSR count). The van der Waals surface area contributed by atoms with Crippen LogP contribution in [-0.4, -0.2) is 55.5 Å². The summed E-state index contributed by atoms with van der Waals surface area (Å²) < 4.78 is 10.7. The lowest BCUT2D eigenvalue weighted by molar-refractivity contribution is -0.134. The van der Waals surface area contributed by atoms with Crippen molar-refractivity contribution in [1.29, 1.82) is 0 Å². The van der Waals surface area contributed by atoms with Crippen molar-refractivity contribution in [3.63, 3.8) is 0 Å². The Balaban J connectivity index is 1.62. The highest BCUT2D eigenvalue weighted by Crippen LogP contribution is 2.38. The van der Waals surface area contributed by atoms with Gasteiger partial charge < -0.3 is 19.3 Å². The minimum Gasteiger partial charge on any atom is -0.497 e. The average molecular weight is 527 g/mol. The molecule has 190 valence electrons. The fraction of sp³-hybridized carbons (Fsp3) is 0.357. The van der Waals surface area contributed by atoms with E-state index >= 15 is 0 Å². The molecule has 3 aromatic rings. The monoisotopic (exact) mass is 526 g/mol. The Bertz CT molecular complexity index is 1190. The number of fused-ring (bicyclic) bond motifs is 1. The highest BCUT2D eigenvalue weighted by Gasteiger charge is 2.34. The second-order valence-corrected chi connectivity index (χ2v) is 10.2. The standard InChI is InChI=1S/C28H31ClN2O4S/c1-4-5-12-30(28(33)20-15-22(34-2)17-23(16-20)35-3)18-26(32)31-13-10-25-24(11-14-36-25)27(31)19-6-8-21(29)9-7-19/h6-9,11,14-17,27H,4-5,10,12-13,18H2,1-3H3. The summed E-state index contributed by atoms with van der Waals surface area (Å²) in [6.07, 6.45) is 2.52. The minimum absolute atomic E-state index is 0.00190. The number of halogens is 1. The molecule has 0 saturated heterocycles. The zero-order valence-corrected chi connectivity index (χ0v) is 22.4. The Kier molecular flexibility index (Phi) is 8.54. The predicted octanol–water partition coefficient (Wildman–Crippen LogP) is 5.84. The average Bonchev–Trinajstić information content (AvgIpc) is 3.39. The van der Waals surface area contributed by atoms with Gasteiger partial charge in [0.1, 0.15) is 18.0 Å². The molecule has 1 unspecified atom stereocenters. The second-order valence-electron chi connectivity index (χ2n) is 8.77. The van der Waals surface area contributed by atoms with E-state index in [0.29, 0.717) is 35.2 Å². The Morgan fingerprint density at radius 1 is 1.08 bits per heavy atom. The van der Waals surface area contributed by atoms with E-state index in [1.54, 1.807) is 48.7 Å². The lowest BCUT2D eigenvalue weighted by Crippen LogP contribution is -2.47. The molecule has 0 N–H and O–H groups in total. The van der Waals surface area contributed by atoms with Crippen molar-refractivity contribution in [2.45, 2.75) is 32.2 Å². The van der Waals surface area contributed by atoms with E-state index < -0.39 is 0 Å². The maximum absolute atomic E-state index is 13.8.